The first kappa shape index (κ1) is 10.7. The molecule has 0 amide bonds. The van der Waals surface area contributed by atoms with Crippen LogP contribution in [0.5, 0.6) is 0 Å². The van der Waals surface area contributed by atoms with Gasteiger partial charge in [-0.25, -0.2) is 0 Å². The van der Waals surface area contributed by atoms with E-state index in [1.54, 1.807) is 10.9 Å². The topological polar surface area (TPSA) is 38.0 Å². The number of nitrogens with zero attached hydrogens (tertiary/aromatic N) is 2. The summed E-state index contributed by atoms with van der Waals surface area (Å²) >= 11 is 0. The van der Waals surface area contributed by atoms with E-state index in [4.69, 9.17) is 0 Å². The summed E-state index contributed by atoms with van der Waals surface area (Å²) in [6.45, 7) is 8.88. The van der Waals surface area contributed by atoms with Crippen LogP contribution in [-0.4, -0.2) is 14.9 Å². The second kappa shape index (κ2) is 2.85. The van der Waals surface area contributed by atoms with Crippen molar-refractivity contribution in [1.82, 2.24) is 9.78 Å². The molecule has 2 rings (SSSR count). The minimum atomic E-state index is -0.400. The molecule has 15 heavy (non-hydrogen) atoms. The third-order valence-corrected chi connectivity index (χ3v) is 4.61. The molecule has 3 nitrogen and oxygen atoms in total. The molecule has 1 N–H and O–H groups in total. The zero-order valence-electron chi connectivity index (χ0n) is 10.2. The van der Waals surface area contributed by atoms with Crippen molar-refractivity contribution in [2.24, 2.45) is 23.8 Å². The molecular weight excluding hydrogens is 188 g/mol. The molecule has 1 fully saturated rings. The fraction of sp³-hybridized carbons (Fsp3) is 0.750. The van der Waals surface area contributed by atoms with Crippen LogP contribution in [0.4, 0.5) is 0 Å². The van der Waals surface area contributed by atoms with Gasteiger partial charge in [0.1, 0.15) is 0 Å². The predicted molar refractivity (Wildman–Crippen MR) is 59.2 cm³/mol. The Balaban J connectivity index is 2.26. The Bertz CT molecular complexity index is 365. The summed E-state index contributed by atoms with van der Waals surface area (Å²) in [5, 5.41) is 14.4. The molecule has 1 aliphatic carbocycles. The quantitative estimate of drug-likeness (QED) is 0.808. The van der Waals surface area contributed by atoms with Gasteiger partial charge in [-0.1, -0.05) is 27.7 Å². The van der Waals surface area contributed by atoms with Gasteiger partial charge in [-0.05, 0) is 16.9 Å². The zero-order valence-corrected chi connectivity index (χ0v) is 10.2. The van der Waals surface area contributed by atoms with Crippen molar-refractivity contribution in [3.05, 3.63) is 18.0 Å². The molecule has 84 valence electrons. The monoisotopic (exact) mass is 208 g/mol. The minimum Gasteiger partial charge on any atom is -0.386 e. The molecule has 0 aromatic carbocycles. The Morgan fingerprint density at radius 3 is 2.20 bits per heavy atom. The van der Waals surface area contributed by atoms with E-state index in [1.807, 2.05) is 13.1 Å². The van der Waals surface area contributed by atoms with E-state index in [0.29, 0.717) is 5.92 Å². The number of aliphatic hydroxyl groups is 1. The largest absolute Gasteiger partial charge is 0.386 e. The zero-order chi connectivity index (χ0) is 11.4. The summed E-state index contributed by atoms with van der Waals surface area (Å²) in [4.78, 5) is 0. The van der Waals surface area contributed by atoms with Crippen molar-refractivity contribution in [3.63, 3.8) is 0 Å². The van der Waals surface area contributed by atoms with E-state index in [2.05, 4.69) is 32.8 Å². The van der Waals surface area contributed by atoms with Crippen molar-refractivity contribution < 1.29 is 5.11 Å². The van der Waals surface area contributed by atoms with Crippen molar-refractivity contribution in [3.8, 4) is 0 Å². The highest BCUT2D eigenvalue weighted by molar-refractivity contribution is 5.20. The normalized spacial score (nSPS) is 25.2. The number of aliphatic hydroxyl groups excluding tert-OH is 1. The summed E-state index contributed by atoms with van der Waals surface area (Å²) in [5.74, 6) is 0.320. The lowest BCUT2D eigenvalue weighted by Crippen LogP contribution is -2.10. The Morgan fingerprint density at radius 1 is 1.33 bits per heavy atom. The maximum Gasteiger partial charge on any atom is 0.0995 e. The van der Waals surface area contributed by atoms with Gasteiger partial charge in [0.15, 0.2) is 0 Å². The average Bonchev–Trinajstić information content (AvgIpc) is 2.48. The molecule has 0 radical (unpaired) electrons. The van der Waals surface area contributed by atoms with E-state index < -0.39 is 6.10 Å². The van der Waals surface area contributed by atoms with Gasteiger partial charge >= 0.3 is 0 Å². The van der Waals surface area contributed by atoms with Crippen LogP contribution < -0.4 is 0 Å². The third-order valence-electron chi connectivity index (χ3n) is 4.61. The average molecular weight is 208 g/mol. The highest BCUT2D eigenvalue weighted by Gasteiger charge is 2.67. The van der Waals surface area contributed by atoms with Crippen LogP contribution >= 0.6 is 0 Å². The van der Waals surface area contributed by atoms with Gasteiger partial charge in [-0.3, -0.25) is 4.68 Å². The van der Waals surface area contributed by atoms with E-state index in [1.165, 1.54) is 0 Å². The SMILES string of the molecule is Cn1nccc1C(O)C1C(C)(C)C1(C)C. The fourth-order valence-corrected chi connectivity index (χ4v) is 2.88. The summed E-state index contributed by atoms with van der Waals surface area (Å²) in [6.07, 6.45) is 1.34. The molecule has 0 aliphatic heterocycles. The summed E-state index contributed by atoms with van der Waals surface area (Å²) in [5.41, 5.74) is 1.33. The van der Waals surface area contributed by atoms with Gasteiger partial charge < -0.3 is 5.11 Å². The van der Waals surface area contributed by atoms with E-state index in [0.717, 1.165) is 5.69 Å². The minimum absolute atomic E-state index is 0.205. The summed E-state index contributed by atoms with van der Waals surface area (Å²) in [7, 11) is 1.88. The molecule has 1 heterocycles. The van der Waals surface area contributed by atoms with Gasteiger partial charge in [0, 0.05) is 19.2 Å². The van der Waals surface area contributed by atoms with Crippen LogP contribution in [0.25, 0.3) is 0 Å². The van der Waals surface area contributed by atoms with Crippen molar-refractivity contribution in [2.45, 2.75) is 33.8 Å². The van der Waals surface area contributed by atoms with Crippen LogP contribution in [0.2, 0.25) is 0 Å². The van der Waals surface area contributed by atoms with Crippen molar-refractivity contribution in [2.75, 3.05) is 0 Å². The Morgan fingerprint density at radius 2 is 1.87 bits per heavy atom. The first-order chi connectivity index (χ1) is 6.80. The Labute approximate surface area is 91.1 Å². The highest BCUT2D eigenvalue weighted by atomic mass is 16.3. The van der Waals surface area contributed by atoms with Crippen LogP contribution in [0, 0.1) is 16.7 Å². The van der Waals surface area contributed by atoms with Gasteiger partial charge in [0.2, 0.25) is 0 Å². The van der Waals surface area contributed by atoms with Gasteiger partial charge in [-0.15, -0.1) is 0 Å². The maximum absolute atomic E-state index is 10.3. The first-order valence-corrected chi connectivity index (χ1v) is 5.46. The lowest BCUT2D eigenvalue weighted by molar-refractivity contribution is 0.122. The van der Waals surface area contributed by atoms with Crippen LogP contribution in [-0.2, 0) is 7.05 Å². The first-order valence-electron chi connectivity index (χ1n) is 5.46. The molecule has 3 heteroatoms. The van der Waals surface area contributed by atoms with E-state index in [9.17, 15) is 5.11 Å². The number of hydrogen-bond donors (Lipinski definition) is 1. The third kappa shape index (κ3) is 1.26. The Hall–Kier alpha value is -0.830. The maximum atomic E-state index is 10.3. The predicted octanol–water partition coefficient (Wildman–Crippen LogP) is 2.14. The second-order valence-electron chi connectivity index (χ2n) is 5.75. The molecule has 1 atom stereocenters. The molecule has 1 unspecified atom stereocenters. The van der Waals surface area contributed by atoms with Crippen LogP contribution in [0.3, 0.4) is 0 Å². The molecule has 1 aromatic heterocycles. The molecule has 0 bridgehead atoms. The summed E-state index contributed by atoms with van der Waals surface area (Å²) in [6, 6.07) is 1.90. The fourth-order valence-electron chi connectivity index (χ4n) is 2.88. The number of aromatic nitrogens is 2. The number of rotatable bonds is 2. The summed E-state index contributed by atoms with van der Waals surface area (Å²) < 4.78 is 1.76. The smallest absolute Gasteiger partial charge is 0.0995 e. The van der Waals surface area contributed by atoms with Crippen molar-refractivity contribution in [1.29, 1.82) is 0 Å². The Kier molecular flexibility index (Phi) is 2.03. The number of hydrogen-bond acceptors (Lipinski definition) is 2. The standard InChI is InChI=1S/C12H20N2O/c1-11(2)10(12(11,3)4)9(15)8-6-7-13-14(8)5/h6-7,9-10,15H,1-5H3. The molecule has 1 aromatic rings. The highest BCUT2D eigenvalue weighted by Crippen LogP contribution is 2.72. The van der Waals surface area contributed by atoms with Crippen molar-refractivity contribution >= 4 is 0 Å². The van der Waals surface area contributed by atoms with Gasteiger partial charge in [0.25, 0.3) is 0 Å². The molecule has 0 spiro atoms. The number of aryl methyl sites for hydroxylation is 1. The second-order valence-corrected chi connectivity index (χ2v) is 5.75. The van der Waals surface area contributed by atoms with Gasteiger partial charge in [0.05, 0.1) is 11.8 Å². The molecule has 0 saturated heterocycles. The lowest BCUT2D eigenvalue weighted by atomic mass is 10.0. The van der Waals surface area contributed by atoms with Crippen LogP contribution in [0.15, 0.2) is 12.3 Å². The van der Waals surface area contributed by atoms with Gasteiger partial charge in [-0.2, -0.15) is 5.10 Å². The molecule has 1 aliphatic rings. The van der Waals surface area contributed by atoms with E-state index >= 15 is 0 Å². The molecular formula is C12H20N2O. The van der Waals surface area contributed by atoms with Crippen LogP contribution in [0.1, 0.15) is 39.5 Å². The van der Waals surface area contributed by atoms with E-state index in [-0.39, 0.29) is 10.8 Å². The lowest BCUT2D eigenvalue weighted by Gasteiger charge is -2.12. The molecule has 1 saturated carbocycles.